The molecule has 1 aromatic heterocycles. The van der Waals surface area contributed by atoms with Crippen molar-refractivity contribution < 1.29 is 19.1 Å². The molecule has 0 saturated carbocycles. The number of esters is 1. The highest BCUT2D eigenvalue weighted by molar-refractivity contribution is 5.95. The van der Waals surface area contributed by atoms with E-state index >= 15 is 0 Å². The number of methoxy groups -OCH3 is 1. The third kappa shape index (κ3) is 4.67. The van der Waals surface area contributed by atoms with E-state index in [2.05, 4.69) is 10.3 Å². The minimum absolute atomic E-state index is 0.250. The maximum absolute atomic E-state index is 12.1. The van der Waals surface area contributed by atoms with Crippen molar-refractivity contribution in [1.82, 2.24) is 10.3 Å². The lowest BCUT2D eigenvalue weighted by atomic mass is 10.2. The van der Waals surface area contributed by atoms with Crippen LogP contribution >= 0.6 is 0 Å². The molecule has 1 N–H and O–H groups in total. The molecule has 122 valence electrons. The van der Waals surface area contributed by atoms with E-state index in [0.29, 0.717) is 31.7 Å². The van der Waals surface area contributed by atoms with E-state index in [9.17, 15) is 9.59 Å². The minimum atomic E-state index is -0.258. The number of nitrogens with zero attached hydrogens (tertiary/aromatic N) is 1. The van der Waals surface area contributed by atoms with E-state index in [1.165, 1.54) is 0 Å². The van der Waals surface area contributed by atoms with Gasteiger partial charge in [0.15, 0.2) is 0 Å². The summed E-state index contributed by atoms with van der Waals surface area (Å²) >= 11 is 0. The molecule has 1 amide bonds. The van der Waals surface area contributed by atoms with Crippen molar-refractivity contribution in [3.63, 3.8) is 0 Å². The van der Waals surface area contributed by atoms with Crippen molar-refractivity contribution in [3.8, 4) is 5.75 Å². The summed E-state index contributed by atoms with van der Waals surface area (Å²) in [4.78, 5) is 27.6. The standard InChI is InChI=1S/C17H20N2O4/c1-3-23-16(20)5-4-10-18-17(21)15-8-6-12-11-13(22-2)7-9-14(12)19-15/h6-9,11H,3-5,10H2,1-2H3,(H,18,21). The first-order valence-electron chi connectivity index (χ1n) is 7.52. The van der Waals surface area contributed by atoms with Crippen LogP contribution in [0.2, 0.25) is 0 Å². The molecule has 0 aliphatic heterocycles. The van der Waals surface area contributed by atoms with Crippen LogP contribution < -0.4 is 10.1 Å². The predicted octanol–water partition coefficient (Wildman–Crippen LogP) is 2.32. The molecule has 0 bridgehead atoms. The highest BCUT2D eigenvalue weighted by Crippen LogP contribution is 2.19. The molecule has 6 heteroatoms. The number of rotatable bonds is 7. The molecule has 23 heavy (non-hydrogen) atoms. The van der Waals surface area contributed by atoms with Crippen LogP contribution in [0.3, 0.4) is 0 Å². The first kappa shape index (κ1) is 16.7. The number of amides is 1. The van der Waals surface area contributed by atoms with E-state index < -0.39 is 0 Å². The van der Waals surface area contributed by atoms with Gasteiger partial charge in [0.2, 0.25) is 0 Å². The highest BCUT2D eigenvalue weighted by Gasteiger charge is 2.09. The fraction of sp³-hybridized carbons (Fsp3) is 0.353. The first-order chi connectivity index (χ1) is 11.1. The third-order valence-corrected chi connectivity index (χ3v) is 3.28. The lowest BCUT2D eigenvalue weighted by molar-refractivity contribution is -0.143. The van der Waals surface area contributed by atoms with Gasteiger partial charge in [0.1, 0.15) is 11.4 Å². The maximum Gasteiger partial charge on any atom is 0.305 e. The Kier molecular flexibility index (Phi) is 5.91. The molecule has 1 aromatic carbocycles. The Morgan fingerprint density at radius 3 is 2.78 bits per heavy atom. The largest absolute Gasteiger partial charge is 0.497 e. The van der Waals surface area contributed by atoms with Gasteiger partial charge in [-0.2, -0.15) is 0 Å². The van der Waals surface area contributed by atoms with Gasteiger partial charge in [-0.15, -0.1) is 0 Å². The summed E-state index contributed by atoms with van der Waals surface area (Å²) in [7, 11) is 1.60. The van der Waals surface area contributed by atoms with E-state index in [4.69, 9.17) is 9.47 Å². The fourth-order valence-electron chi connectivity index (χ4n) is 2.12. The monoisotopic (exact) mass is 316 g/mol. The zero-order valence-corrected chi connectivity index (χ0v) is 13.3. The molecular weight excluding hydrogens is 296 g/mol. The molecule has 0 aliphatic rings. The average molecular weight is 316 g/mol. The van der Waals surface area contributed by atoms with E-state index in [1.54, 1.807) is 26.2 Å². The summed E-state index contributed by atoms with van der Waals surface area (Å²) in [6, 6.07) is 8.98. The second-order valence-corrected chi connectivity index (χ2v) is 4.92. The van der Waals surface area contributed by atoms with Gasteiger partial charge in [-0.05, 0) is 37.6 Å². The van der Waals surface area contributed by atoms with Gasteiger partial charge in [0.05, 0.1) is 19.2 Å². The summed E-state index contributed by atoms with van der Waals surface area (Å²) < 4.78 is 9.98. The van der Waals surface area contributed by atoms with Crippen LogP contribution in [0.25, 0.3) is 10.9 Å². The summed E-state index contributed by atoms with van der Waals surface area (Å²) in [6.07, 6.45) is 0.828. The van der Waals surface area contributed by atoms with Crippen molar-refractivity contribution in [2.45, 2.75) is 19.8 Å². The Balaban J connectivity index is 1.92. The molecule has 0 saturated heterocycles. The number of ether oxygens (including phenoxy) is 2. The quantitative estimate of drug-likeness (QED) is 0.626. The summed E-state index contributed by atoms with van der Waals surface area (Å²) in [5.74, 6) is 0.238. The van der Waals surface area contributed by atoms with Gasteiger partial charge in [-0.3, -0.25) is 9.59 Å². The Labute approximate surface area is 134 Å². The van der Waals surface area contributed by atoms with Crippen LogP contribution in [0.5, 0.6) is 5.75 Å². The van der Waals surface area contributed by atoms with Crippen molar-refractivity contribution in [3.05, 3.63) is 36.0 Å². The zero-order chi connectivity index (χ0) is 16.7. The molecule has 6 nitrogen and oxygen atoms in total. The number of hydrogen-bond donors (Lipinski definition) is 1. The summed E-state index contributed by atoms with van der Waals surface area (Å²) in [6.45, 7) is 2.54. The van der Waals surface area contributed by atoms with Gasteiger partial charge >= 0.3 is 5.97 Å². The number of carbonyl (C=O) groups is 2. The second kappa shape index (κ2) is 8.12. The lowest BCUT2D eigenvalue weighted by Crippen LogP contribution is -2.25. The predicted molar refractivity (Wildman–Crippen MR) is 86.5 cm³/mol. The Morgan fingerprint density at radius 2 is 2.04 bits per heavy atom. The van der Waals surface area contributed by atoms with E-state index in [1.807, 2.05) is 18.2 Å². The zero-order valence-electron chi connectivity index (χ0n) is 13.3. The van der Waals surface area contributed by atoms with Crippen LogP contribution in [-0.4, -0.2) is 37.1 Å². The number of aromatic nitrogens is 1. The summed E-state index contributed by atoms with van der Waals surface area (Å²) in [5.41, 5.74) is 1.07. The first-order valence-corrected chi connectivity index (χ1v) is 7.52. The van der Waals surface area contributed by atoms with E-state index in [0.717, 1.165) is 16.7 Å². The van der Waals surface area contributed by atoms with Crippen LogP contribution in [-0.2, 0) is 9.53 Å². The number of pyridine rings is 1. The Morgan fingerprint density at radius 1 is 1.22 bits per heavy atom. The van der Waals surface area contributed by atoms with E-state index in [-0.39, 0.29) is 11.9 Å². The van der Waals surface area contributed by atoms with Gasteiger partial charge in [-0.25, -0.2) is 4.98 Å². The molecule has 0 aliphatic carbocycles. The second-order valence-electron chi connectivity index (χ2n) is 4.92. The summed E-state index contributed by atoms with van der Waals surface area (Å²) in [5, 5.41) is 3.66. The van der Waals surface area contributed by atoms with Crippen molar-refractivity contribution in [1.29, 1.82) is 0 Å². The number of carbonyl (C=O) groups excluding carboxylic acids is 2. The van der Waals surface area contributed by atoms with Crippen molar-refractivity contribution in [2.24, 2.45) is 0 Å². The minimum Gasteiger partial charge on any atom is -0.497 e. The van der Waals surface area contributed by atoms with Gasteiger partial charge in [0.25, 0.3) is 5.91 Å². The van der Waals surface area contributed by atoms with Crippen LogP contribution in [0.4, 0.5) is 0 Å². The van der Waals surface area contributed by atoms with Crippen molar-refractivity contribution >= 4 is 22.8 Å². The Bertz CT molecular complexity index is 700. The molecule has 1 heterocycles. The smallest absolute Gasteiger partial charge is 0.305 e. The SMILES string of the molecule is CCOC(=O)CCCNC(=O)c1ccc2cc(OC)ccc2n1. The van der Waals surface area contributed by atoms with Crippen LogP contribution in [0.1, 0.15) is 30.3 Å². The molecule has 2 rings (SSSR count). The highest BCUT2D eigenvalue weighted by atomic mass is 16.5. The number of fused-ring (bicyclic) bond motifs is 1. The lowest BCUT2D eigenvalue weighted by Gasteiger charge is -2.06. The van der Waals surface area contributed by atoms with Gasteiger partial charge in [-0.1, -0.05) is 6.07 Å². The third-order valence-electron chi connectivity index (χ3n) is 3.28. The maximum atomic E-state index is 12.1. The number of benzene rings is 1. The number of hydrogen-bond acceptors (Lipinski definition) is 5. The van der Waals surface area contributed by atoms with Gasteiger partial charge in [0, 0.05) is 18.4 Å². The van der Waals surface area contributed by atoms with Crippen LogP contribution in [0.15, 0.2) is 30.3 Å². The number of nitrogens with one attached hydrogen (secondary N) is 1. The molecule has 0 spiro atoms. The van der Waals surface area contributed by atoms with Gasteiger partial charge < -0.3 is 14.8 Å². The molecule has 0 unspecified atom stereocenters. The molecule has 0 radical (unpaired) electrons. The Hall–Kier alpha value is -2.63. The molecular formula is C17H20N2O4. The van der Waals surface area contributed by atoms with Crippen LogP contribution in [0, 0.1) is 0 Å². The van der Waals surface area contributed by atoms with Crippen molar-refractivity contribution in [2.75, 3.05) is 20.3 Å². The normalized spacial score (nSPS) is 10.3. The molecule has 0 fully saturated rings. The topological polar surface area (TPSA) is 77.5 Å². The molecule has 2 aromatic rings. The average Bonchev–Trinajstić information content (AvgIpc) is 2.57. The fourth-order valence-corrected chi connectivity index (χ4v) is 2.12. The molecule has 0 atom stereocenters.